The normalized spacial score (nSPS) is 11.3. The number of nitrogens with one attached hydrogen (secondary N) is 1. The Kier molecular flexibility index (Phi) is 5.84. The summed E-state index contributed by atoms with van der Waals surface area (Å²) in [5.41, 5.74) is 2.46. The van der Waals surface area contributed by atoms with E-state index in [1.165, 1.54) is 0 Å². The predicted molar refractivity (Wildman–Crippen MR) is 112 cm³/mol. The van der Waals surface area contributed by atoms with Gasteiger partial charge in [-0.05, 0) is 47.0 Å². The second-order valence-corrected chi connectivity index (χ2v) is 7.59. The summed E-state index contributed by atoms with van der Waals surface area (Å²) in [6, 6.07) is 9.55. The molecule has 0 aliphatic rings. The molecular formula is C18H17Cl3N8. The number of unbranched alkanes of at least 4 members (excludes halogenated alkanes) is 1. The fraction of sp³-hybridized carbons (Fsp3) is 0.278. The Morgan fingerprint density at radius 1 is 1.10 bits per heavy atom. The van der Waals surface area contributed by atoms with E-state index in [4.69, 9.17) is 34.8 Å². The van der Waals surface area contributed by atoms with Gasteiger partial charge < -0.3 is 0 Å². The van der Waals surface area contributed by atoms with Crippen LogP contribution in [0.15, 0.2) is 30.3 Å². The Morgan fingerprint density at radius 2 is 1.90 bits per heavy atom. The van der Waals surface area contributed by atoms with Crippen LogP contribution in [0.3, 0.4) is 0 Å². The maximum absolute atomic E-state index is 6.40. The number of rotatable bonds is 7. The zero-order valence-electron chi connectivity index (χ0n) is 15.5. The van der Waals surface area contributed by atoms with Crippen molar-refractivity contribution in [1.82, 2.24) is 40.0 Å². The first-order valence-electron chi connectivity index (χ1n) is 9.06. The van der Waals surface area contributed by atoms with Gasteiger partial charge in [-0.1, -0.05) is 48.7 Å². The number of aryl methyl sites for hydroxylation is 1. The third kappa shape index (κ3) is 4.14. The van der Waals surface area contributed by atoms with Crippen molar-refractivity contribution in [1.29, 1.82) is 0 Å². The Balaban J connectivity index is 1.62. The van der Waals surface area contributed by atoms with Crippen LogP contribution in [0.5, 0.6) is 0 Å². The summed E-state index contributed by atoms with van der Waals surface area (Å²) in [6.07, 6.45) is 2.97. The first kappa shape index (κ1) is 19.9. The molecule has 150 valence electrons. The molecule has 29 heavy (non-hydrogen) atoms. The molecule has 0 radical (unpaired) electrons. The summed E-state index contributed by atoms with van der Waals surface area (Å²) < 4.78 is 3.62. The van der Waals surface area contributed by atoms with Crippen molar-refractivity contribution < 1.29 is 0 Å². The maximum Gasteiger partial charge on any atom is 0.242 e. The molecule has 3 heterocycles. The molecule has 0 fully saturated rings. The Morgan fingerprint density at radius 3 is 2.59 bits per heavy atom. The number of H-pyrrole nitrogens is 1. The third-order valence-electron chi connectivity index (χ3n) is 4.47. The summed E-state index contributed by atoms with van der Waals surface area (Å²) in [4.78, 5) is 4.32. The van der Waals surface area contributed by atoms with E-state index in [1.54, 1.807) is 10.6 Å². The fourth-order valence-corrected chi connectivity index (χ4v) is 3.89. The van der Waals surface area contributed by atoms with Gasteiger partial charge in [0.25, 0.3) is 0 Å². The molecule has 4 rings (SSSR count). The minimum atomic E-state index is 0.270. The minimum absolute atomic E-state index is 0.270. The number of benzene rings is 1. The van der Waals surface area contributed by atoms with Crippen LogP contribution >= 0.6 is 34.8 Å². The van der Waals surface area contributed by atoms with Crippen molar-refractivity contribution in [3.8, 4) is 17.2 Å². The highest BCUT2D eigenvalue weighted by Crippen LogP contribution is 2.34. The van der Waals surface area contributed by atoms with Crippen LogP contribution in [-0.2, 0) is 13.0 Å². The van der Waals surface area contributed by atoms with Gasteiger partial charge in [0.05, 0.1) is 11.6 Å². The highest BCUT2D eigenvalue weighted by molar-refractivity contribution is 6.36. The van der Waals surface area contributed by atoms with Crippen LogP contribution in [0.25, 0.3) is 17.2 Å². The average molecular weight is 452 g/mol. The zero-order chi connectivity index (χ0) is 20.4. The molecule has 0 saturated carbocycles. The number of hydrogen-bond donors (Lipinski definition) is 1. The number of aromatic amines is 1. The number of halogens is 3. The van der Waals surface area contributed by atoms with Gasteiger partial charge in [0.1, 0.15) is 16.7 Å². The summed E-state index contributed by atoms with van der Waals surface area (Å²) in [5.74, 6) is 1.25. The molecule has 8 nitrogen and oxygen atoms in total. The molecule has 0 aliphatic heterocycles. The van der Waals surface area contributed by atoms with E-state index in [-0.39, 0.29) is 5.28 Å². The smallest absolute Gasteiger partial charge is 0.242 e. The summed E-state index contributed by atoms with van der Waals surface area (Å²) >= 11 is 18.7. The van der Waals surface area contributed by atoms with E-state index in [9.17, 15) is 0 Å². The van der Waals surface area contributed by atoms with Crippen LogP contribution in [0.4, 0.5) is 0 Å². The average Bonchev–Trinajstić information content (AvgIpc) is 3.40. The molecule has 0 unspecified atom stereocenters. The predicted octanol–water partition coefficient (Wildman–Crippen LogP) is 4.60. The second kappa shape index (κ2) is 8.52. The van der Waals surface area contributed by atoms with Crippen LogP contribution < -0.4 is 0 Å². The lowest BCUT2D eigenvalue weighted by molar-refractivity contribution is 0.618. The zero-order valence-corrected chi connectivity index (χ0v) is 17.7. The lowest BCUT2D eigenvalue weighted by atomic mass is 10.2. The number of hydrogen-bond acceptors (Lipinski definition) is 5. The molecule has 0 atom stereocenters. The van der Waals surface area contributed by atoms with E-state index < -0.39 is 0 Å². The topological polar surface area (TPSA) is 90.1 Å². The van der Waals surface area contributed by atoms with Gasteiger partial charge in [-0.15, -0.1) is 15.3 Å². The molecule has 0 spiro atoms. The maximum atomic E-state index is 6.40. The molecule has 0 bridgehead atoms. The standard InChI is InChI=1S/C18H17Cl3N8/c1-2-3-4-15-22-18(21)25-28(15)10-11-5-7-12(8-6-11)29-14(20)9-13(19)16(29)17-23-26-27-24-17/h5-9H,2-4,10H2,1H3,(H,23,24,26,27). The van der Waals surface area contributed by atoms with E-state index >= 15 is 0 Å². The molecule has 11 heteroatoms. The SMILES string of the molecule is CCCCc1nc(Cl)nn1Cc1ccc(-n2c(Cl)cc(Cl)c2-c2nn[nH]n2)cc1. The number of aromatic nitrogens is 8. The van der Waals surface area contributed by atoms with Gasteiger partial charge in [-0.2, -0.15) is 5.21 Å². The van der Waals surface area contributed by atoms with E-state index in [1.807, 2.05) is 28.9 Å². The van der Waals surface area contributed by atoms with Crippen LogP contribution in [-0.4, -0.2) is 40.0 Å². The Hall–Kier alpha value is -2.42. The van der Waals surface area contributed by atoms with Gasteiger partial charge in [-0.3, -0.25) is 4.57 Å². The van der Waals surface area contributed by atoms with Crippen molar-refractivity contribution in [3.05, 3.63) is 57.2 Å². The molecule has 0 saturated heterocycles. The largest absolute Gasteiger partial charge is 0.296 e. The van der Waals surface area contributed by atoms with Crippen molar-refractivity contribution in [2.75, 3.05) is 0 Å². The Bertz CT molecular complexity index is 1100. The molecule has 1 aromatic carbocycles. The van der Waals surface area contributed by atoms with E-state index in [0.29, 0.717) is 28.2 Å². The fourth-order valence-electron chi connectivity index (χ4n) is 3.09. The number of tetrazole rings is 1. The van der Waals surface area contributed by atoms with E-state index in [2.05, 4.69) is 37.6 Å². The van der Waals surface area contributed by atoms with Gasteiger partial charge in [0, 0.05) is 12.1 Å². The summed E-state index contributed by atoms with van der Waals surface area (Å²) in [5, 5.41) is 19.5. The number of nitrogens with zero attached hydrogens (tertiary/aromatic N) is 7. The molecule has 3 aromatic heterocycles. The lowest BCUT2D eigenvalue weighted by Gasteiger charge is -2.11. The van der Waals surface area contributed by atoms with Crippen molar-refractivity contribution in [3.63, 3.8) is 0 Å². The molecule has 4 aromatic rings. The summed E-state index contributed by atoms with van der Waals surface area (Å²) in [7, 11) is 0. The molecule has 0 aliphatic carbocycles. The minimum Gasteiger partial charge on any atom is -0.296 e. The third-order valence-corrected chi connectivity index (χ3v) is 5.20. The van der Waals surface area contributed by atoms with Gasteiger partial charge in [0.15, 0.2) is 0 Å². The van der Waals surface area contributed by atoms with E-state index in [0.717, 1.165) is 36.3 Å². The van der Waals surface area contributed by atoms with Gasteiger partial charge in [-0.25, -0.2) is 9.67 Å². The van der Waals surface area contributed by atoms with Crippen molar-refractivity contribution in [2.45, 2.75) is 32.7 Å². The Labute approximate surface area is 181 Å². The van der Waals surface area contributed by atoms with Crippen molar-refractivity contribution in [2.24, 2.45) is 0 Å². The van der Waals surface area contributed by atoms with Crippen LogP contribution in [0, 0.1) is 0 Å². The highest BCUT2D eigenvalue weighted by Gasteiger charge is 2.19. The van der Waals surface area contributed by atoms with Gasteiger partial charge in [0.2, 0.25) is 11.1 Å². The van der Waals surface area contributed by atoms with Crippen molar-refractivity contribution >= 4 is 34.8 Å². The first-order chi connectivity index (χ1) is 14.1. The quantitative estimate of drug-likeness (QED) is 0.443. The summed E-state index contributed by atoms with van der Waals surface area (Å²) in [6.45, 7) is 2.72. The monoisotopic (exact) mass is 450 g/mol. The first-order valence-corrected chi connectivity index (χ1v) is 10.2. The molecular weight excluding hydrogens is 435 g/mol. The second-order valence-electron chi connectivity index (χ2n) is 6.46. The lowest BCUT2D eigenvalue weighted by Crippen LogP contribution is -2.07. The molecule has 1 N–H and O–H groups in total. The van der Waals surface area contributed by atoms with Crippen LogP contribution in [0.2, 0.25) is 15.5 Å². The highest BCUT2D eigenvalue weighted by atomic mass is 35.5. The van der Waals surface area contributed by atoms with Crippen LogP contribution in [0.1, 0.15) is 31.2 Å². The van der Waals surface area contributed by atoms with Gasteiger partial charge >= 0.3 is 0 Å². The molecule has 0 amide bonds.